The molecule has 0 atom stereocenters. The van der Waals surface area contributed by atoms with Crippen LogP contribution in [0.15, 0.2) is 12.3 Å². The van der Waals surface area contributed by atoms with Gasteiger partial charge < -0.3 is 15.6 Å². The summed E-state index contributed by atoms with van der Waals surface area (Å²) < 4.78 is 2.33. The van der Waals surface area contributed by atoms with Crippen molar-refractivity contribution in [3.63, 3.8) is 0 Å². The third-order valence-electron chi connectivity index (χ3n) is 3.85. The number of hydrogen-bond donors (Lipinski definition) is 2. The molecule has 3 rings (SSSR count). The number of thioether (sulfide) groups is 1. The van der Waals surface area contributed by atoms with Crippen molar-refractivity contribution in [1.29, 1.82) is 0 Å². The normalized spacial score (nSPS) is 20.7. The third kappa shape index (κ3) is 2.23. The number of nitrogens with zero attached hydrogens (tertiary/aromatic N) is 1. The summed E-state index contributed by atoms with van der Waals surface area (Å²) >= 11 is 1.86. The molecular weight excluding hydrogens is 246 g/mol. The first-order valence-corrected chi connectivity index (χ1v) is 7.67. The van der Waals surface area contributed by atoms with Gasteiger partial charge in [0.1, 0.15) is 5.69 Å². The predicted octanol–water partition coefficient (Wildman–Crippen LogP) is 2.03. The molecule has 5 heteroatoms. The van der Waals surface area contributed by atoms with E-state index in [1.807, 2.05) is 22.5 Å². The molecule has 18 heavy (non-hydrogen) atoms. The van der Waals surface area contributed by atoms with Crippen molar-refractivity contribution in [2.45, 2.75) is 36.5 Å². The van der Waals surface area contributed by atoms with Gasteiger partial charge in [0.15, 0.2) is 0 Å². The average Bonchev–Trinajstić information content (AvgIpc) is 3.26. The quantitative estimate of drug-likeness (QED) is 0.856. The van der Waals surface area contributed by atoms with Crippen molar-refractivity contribution in [3.05, 3.63) is 18.0 Å². The summed E-state index contributed by atoms with van der Waals surface area (Å²) in [4.78, 5) is 12.2. The fourth-order valence-corrected chi connectivity index (χ4v) is 2.99. The molecule has 0 spiro atoms. The van der Waals surface area contributed by atoms with E-state index < -0.39 is 0 Å². The van der Waals surface area contributed by atoms with E-state index in [1.165, 1.54) is 12.8 Å². The van der Waals surface area contributed by atoms with Crippen LogP contribution < -0.4 is 11.1 Å². The topological polar surface area (TPSA) is 60.1 Å². The number of amides is 1. The highest BCUT2D eigenvalue weighted by molar-refractivity contribution is 8.00. The summed E-state index contributed by atoms with van der Waals surface area (Å²) in [6.07, 6.45) is 8.73. The number of rotatable bonds is 5. The fourth-order valence-electron chi connectivity index (χ4n) is 2.26. The summed E-state index contributed by atoms with van der Waals surface area (Å²) in [5.74, 6) is 0.0129. The van der Waals surface area contributed by atoms with Gasteiger partial charge in [-0.3, -0.25) is 4.79 Å². The molecule has 0 saturated heterocycles. The Hall–Kier alpha value is -1.10. The Balaban J connectivity index is 1.68. The van der Waals surface area contributed by atoms with Crippen molar-refractivity contribution in [2.75, 3.05) is 18.5 Å². The van der Waals surface area contributed by atoms with Crippen LogP contribution in [0.5, 0.6) is 0 Å². The molecule has 1 amide bonds. The molecule has 1 aromatic rings. The van der Waals surface area contributed by atoms with Crippen molar-refractivity contribution in [3.8, 4) is 0 Å². The Morgan fingerprint density at radius 2 is 2.33 bits per heavy atom. The Kier molecular flexibility index (Phi) is 2.81. The highest BCUT2D eigenvalue weighted by Gasteiger charge is 2.42. The predicted molar refractivity (Wildman–Crippen MR) is 74.9 cm³/mol. The van der Waals surface area contributed by atoms with Gasteiger partial charge in [-0.2, -0.15) is 11.8 Å². The van der Waals surface area contributed by atoms with Gasteiger partial charge >= 0.3 is 0 Å². The average molecular weight is 265 g/mol. The smallest absolute Gasteiger partial charge is 0.268 e. The summed E-state index contributed by atoms with van der Waals surface area (Å²) in [5.41, 5.74) is 7.19. The molecule has 0 aromatic carbocycles. The third-order valence-corrected chi connectivity index (χ3v) is 5.27. The fraction of sp³-hybridized carbons (Fsp3) is 0.615. The van der Waals surface area contributed by atoms with Gasteiger partial charge in [-0.25, -0.2) is 0 Å². The van der Waals surface area contributed by atoms with Crippen molar-refractivity contribution in [1.82, 2.24) is 9.88 Å². The highest BCUT2D eigenvalue weighted by Crippen LogP contribution is 2.46. The minimum absolute atomic E-state index is 0.0129. The molecule has 0 bridgehead atoms. The Morgan fingerprint density at radius 3 is 2.89 bits per heavy atom. The number of nitrogens with two attached hydrogens (primary N) is 1. The zero-order valence-electron chi connectivity index (χ0n) is 10.6. The van der Waals surface area contributed by atoms with Crippen LogP contribution in [0.25, 0.3) is 0 Å². The Labute approximate surface area is 111 Å². The molecule has 4 nitrogen and oxygen atoms in total. The standard InChI is InChI=1S/C13H19N3OS/c1-18-13(4-5-13)8-15-12(17)11-6-9(14)7-16(11)10-2-3-10/h6-7,10H,2-5,8,14H2,1H3,(H,15,17). The lowest BCUT2D eigenvalue weighted by molar-refractivity contribution is 0.0943. The van der Waals surface area contributed by atoms with Crippen LogP contribution in [-0.2, 0) is 0 Å². The maximum absolute atomic E-state index is 12.2. The van der Waals surface area contributed by atoms with Gasteiger partial charge in [0.25, 0.3) is 5.91 Å². The van der Waals surface area contributed by atoms with Crippen LogP contribution in [0.4, 0.5) is 5.69 Å². The molecule has 2 saturated carbocycles. The number of carbonyl (C=O) groups is 1. The van der Waals surface area contributed by atoms with Crippen LogP contribution >= 0.6 is 11.8 Å². The van der Waals surface area contributed by atoms with Gasteiger partial charge in [0, 0.05) is 23.5 Å². The van der Waals surface area contributed by atoms with Crippen molar-refractivity contribution < 1.29 is 4.79 Å². The summed E-state index contributed by atoms with van der Waals surface area (Å²) in [5, 5.41) is 3.05. The number of nitrogen functional groups attached to an aromatic ring is 1. The number of carbonyl (C=O) groups excluding carboxylic acids is 1. The Morgan fingerprint density at radius 1 is 1.61 bits per heavy atom. The molecule has 1 heterocycles. The van der Waals surface area contributed by atoms with E-state index in [2.05, 4.69) is 11.6 Å². The van der Waals surface area contributed by atoms with Gasteiger partial charge in [-0.05, 0) is 38.0 Å². The monoisotopic (exact) mass is 265 g/mol. The van der Waals surface area contributed by atoms with E-state index in [0.717, 1.165) is 19.4 Å². The summed E-state index contributed by atoms with van der Waals surface area (Å²) in [6, 6.07) is 2.27. The van der Waals surface area contributed by atoms with E-state index >= 15 is 0 Å². The Bertz CT molecular complexity index is 475. The maximum Gasteiger partial charge on any atom is 0.268 e. The minimum atomic E-state index is 0.0129. The van der Waals surface area contributed by atoms with Crippen LogP contribution in [-0.4, -0.2) is 28.0 Å². The first kappa shape index (κ1) is 12.0. The maximum atomic E-state index is 12.2. The second kappa shape index (κ2) is 4.23. The van der Waals surface area contributed by atoms with E-state index in [4.69, 9.17) is 5.73 Å². The largest absolute Gasteiger partial charge is 0.397 e. The lowest BCUT2D eigenvalue weighted by Gasteiger charge is -2.14. The molecule has 0 unspecified atom stereocenters. The van der Waals surface area contributed by atoms with E-state index in [1.54, 1.807) is 6.07 Å². The molecule has 1 aromatic heterocycles. The molecular formula is C13H19N3OS. The van der Waals surface area contributed by atoms with Crippen molar-refractivity contribution >= 4 is 23.4 Å². The van der Waals surface area contributed by atoms with Crippen LogP contribution in [0.3, 0.4) is 0 Å². The van der Waals surface area contributed by atoms with Gasteiger partial charge in [0.05, 0.1) is 5.69 Å². The molecule has 0 aliphatic heterocycles. The molecule has 2 fully saturated rings. The molecule has 2 aliphatic carbocycles. The first-order chi connectivity index (χ1) is 8.63. The number of anilines is 1. The number of nitrogens with one attached hydrogen (secondary N) is 1. The highest BCUT2D eigenvalue weighted by atomic mass is 32.2. The molecule has 0 radical (unpaired) electrons. The van der Waals surface area contributed by atoms with Crippen LogP contribution in [0, 0.1) is 0 Å². The SMILES string of the molecule is CSC1(CNC(=O)c2cc(N)cn2C2CC2)CC1. The van der Waals surface area contributed by atoms with E-state index in [-0.39, 0.29) is 5.91 Å². The van der Waals surface area contributed by atoms with E-state index in [9.17, 15) is 4.79 Å². The molecule has 3 N–H and O–H groups in total. The number of hydrogen-bond acceptors (Lipinski definition) is 3. The van der Waals surface area contributed by atoms with Gasteiger partial charge in [-0.15, -0.1) is 0 Å². The van der Waals surface area contributed by atoms with Crippen LogP contribution in [0.2, 0.25) is 0 Å². The lowest BCUT2D eigenvalue weighted by Crippen LogP contribution is -2.32. The van der Waals surface area contributed by atoms with Crippen molar-refractivity contribution in [2.24, 2.45) is 0 Å². The summed E-state index contributed by atoms with van der Waals surface area (Å²) in [7, 11) is 0. The summed E-state index contributed by atoms with van der Waals surface area (Å²) in [6.45, 7) is 0.767. The lowest BCUT2D eigenvalue weighted by atomic mass is 10.3. The second-order valence-electron chi connectivity index (χ2n) is 5.37. The van der Waals surface area contributed by atoms with Gasteiger partial charge in [-0.1, -0.05) is 0 Å². The van der Waals surface area contributed by atoms with Crippen LogP contribution in [0.1, 0.15) is 42.2 Å². The first-order valence-electron chi connectivity index (χ1n) is 6.44. The minimum Gasteiger partial charge on any atom is -0.397 e. The van der Waals surface area contributed by atoms with E-state index in [0.29, 0.717) is 22.2 Å². The number of aromatic nitrogens is 1. The molecule has 2 aliphatic rings. The zero-order chi connectivity index (χ0) is 12.8. The zero-order valence-corrected chi connectivity index (χ0v) is 11.4. The second-order valence-corrected chi connectivity index (χ2v) is 6.64. The molecule has 98 valence electrons. The van der Waals surface area contributed by atoms with Gasteiger partial charge in [0.2, 0.25) is 0 Å².